The highest BCUT2D eigenvalue weighted by atomic mass is 19.3. The highest BCUT2D eigenvalue weighted by Crippen LogP contribution is 2.20. The molecule has 0 aromatic heterocycles. The molecule has 0 aliphatic rings. The zero-order chi connectivity index (χ0) is 15.2. The van der Waals surface area contributed by atoms with Gasteiger partial charge in [-0.2, -0.15) is 14.0 Å². The molecule has 2 aromatic rings. The van der Waals surface area contributed by atoms with Crippen LogP contribution < -0.4 is 10.1 Å². The number of halogens is 3. The topological polar surface area (TPSA) is 45.0 Å². The Kier molecular flexibility index (Phi) is 4.67. The third kappa shape index (κ3) is 4.14. The van der Waals surface area contributed by atoms with Crippen molar-refractivity contribution in [3.63, 3.8) is 0 Å². The Bertz CT molecular complexity index is 668. The smallest absolute Gasteiger partial charge is 0.387 e. The van der Waals surface area contributed by atoms with Crippen molar-refractivity contribution in [2.75, 3.05) is 5.32 Å². The number of anilines is 1. The van der Waals surface area contributed by atoms with Crippen LogP contribution in [0.5, 0.6) is 5.75 Å². The largest absolute Gasteiger partial charge is 0.435 e. The van der Waals surface area contributed by atoms with Crippen LogP contribution in [0.25, 0.3) is 0 Å². The Morgan fingerprint density at radius 1 is 1.19 bits per heavy atom. The van der Waals surface area contributed by atoms with E-state index in [0.29, 0.717) is 17.8 Å². The first-order valence-electron chi connectivity index (χ1n) is 6.06. The summed E-state index contributed by atoms with van der Waals surface area (Å²) in [4.78, 5) is 0. The number of alkyl halides is 2. The van der Waals surface area contributed by atoms with Crippen molar-refractivity contribution in [2.45, 2.75) is 13.2 Å². The average molecular weight is 292 g/mol. The van der Waals surface area contributed by atoms with Crippen LogP contribution in [-0.4, -0.2) is 6.61 Å². The molecule has 2 aromatic carbocycles. The van der Waals surface area contributed by atoms with Crippen molar-refractivity contribution < 1.29 is 17.9 Å². The Morgan fingerprint density at radius 2 is 2.00 bits per heavy atom. The second-order valence-corrected chi connectivity index (χ2v) is 4.19. The Morgan fingerprint density at radius 3 is 2.71 bits per heavy atom. The van der Waals surface area contributed by atoms with E-state index in [2.05, 4.69) is 10.1 Å². The zero-order valence-electron chi connectivity index (χ0n) is 10.8. The molecule has 21 heavy (non-hydrogen) atoms. The monoisotopic (exact) mass is 292 g/mol. The molecule has 6 heteroatoms. The summed E-state index contributed by atoms with van der Waals surface area (Å²) in [7, 11) is 0. The number of hydrogen-bond acceptors (Lipinski definition) is 3. The van der Waals surface area contributed by atoms with Crippen LogP contribution in [0.15, 0.2) is 42.5 Å². The molecule has 0 aliphatic carbocycles. The van der Waals surface area contributed by atoms with Gasteiger partial charge in [0, 0.05) is 18.3 Å². The van der Waals surface area contributed by atoms with E-state index in [0.717, 1.165) is 0 Å². The lowest BCUT2D eigenvalue weighted by atomic mass is 10.1. The molecule has 0 fully saturated rings. The van der Waals surface area contributed by atoms with Crippen molar-refractivity contribution in [3.05, 3.63) is 59.4 Å². The molecule has 0 heterocycles. The van der Waals surface area contributed by atoms with E-state index >= 15 is 0 Å². The van der Waals surface area contributed by atoms with Crippen LogP contribution in [0.2, 0.25) is 0 Å². The summed E-state index contributed by atoms with van der Waals surface area (Å²) in [6, 6.07) is 12.1. The first-order valence-corrected chi connectivity index (χ1v) is 6.06. The molecule has 0 spiro atoms. The third-order valence-corrected chi connectivity index (χ3v) is 2.71. The van der Waals surface area contributed by atoms with E-state index in [1.807, 2.05) is 0 Å². The summed E-state index contributed by atoms with van der Waals surface area (Å²) in [5, 5.41) is 11.7. The normalized spacial score (nSPS) is 10.2. The summed E-state index contributed by atoms with van der Waals surface area (Å²) in [6.07, 6.45) is 0. The maximum atomic E-state index is 13.2. The minimum absolute atomic E-state index is 0.0379. The van der Waals surface area contributed by atoms with Crippen LogP contribution in [0.3, 0.4) is 0 Å². The van der Waals surface area contributed by atoms with Crippen molar-refractivity contribution >= 4 is 5.69 Å². The SMILES string of the molecule is N#Cc1cc(CNc2cccc(OC(F)F)c2)ccc1F. The average Bonchev–Trinajstić information content (AvgIpc) is 2.46. The molecule has 0 aliphatic heterocycles. The van der Waals surface area contributed by atoms with Crippen LogP contribution >= 0.6 is 0 Å². The number of benzene rings is 2. The standard InChI is InChI=1S/C15H11F3N2O/c16-14-5-4-10(6-11(14)8-19)9-20-12-2-1-3-13(7-12)21-15(17)18/h1-7,15,20H,9H2. The molecule has 108 valence electrons. The molecular weight excluding hydrogens is 281 g/mol. The fraction of sp³-hybridized carbons (Fsp3) is 0.133. The van der Waals surface area contributed by atoms with Crippen molar-refractivity contribution in [1.82, 2.24) is 0 Å². The second kappa shape index (κ2) is 6.66. The lowest BCUT2D eigenvalue weighted by Gasteiger charge is -2.09. The fourth-order valence-electron chi connectivity index (χ4n) is 1.75. The number of nitrogens with one attached hydrogen (secondary N) is 1. The van der Waals surface area contributed by atoms with E-state index in [4.69, 9.17) is 5.26 Å². The van der Waals surface area contributed by atoms with Gasteiger partial charge in [-0.05, 0) is 29.8 Å². The lowest BCUT2D eigenvalue weighted by molar-refractivity contribution is -0.0498. The van der Waals surface area contributed by atoms with E-state index < -0.39 is 12.4 Å². The summed E-state index contributed by atoms with van der Waals surface area (Å²) in [5.41, 5.74) is 1.24. The van der Waals surface area contributed by atoms with E-state index in [-0.39, 0.29) is 11.3 Å². The number of hydrogen-bond donors (Lipinski definition) is 1. The molecule has 0 saturated heterocycles. The number of rotatable bonds is 5. The summed E-state index contributed by atoms with van der Waals surface area (Å²) >= 11 is 0. The number of ether oxygens (including phenoxy) is 1. The van der Waals surface area contributed by atoms with Gasteiger partial charge >= 0.3 is 6.61 Å². The van der Waals surface area contributed by atoms with E-state index in [1.165, 1.54) is 24.3 Å². The van der Waals surface area contributed by atoms with Crippen molar-refractivity contribution in [1.29, 1.82) is 5.26 Å². The molecular formula is C15H11F3N2O. The maximum absolute atomic E-state index is 13.2. The van der Waals surface area contributed by atoms with Gasteiger partial charge in [0.1, 0.15) is 17.6 Å². The Hall–Kier alpha value is -2.68. The maximum Gasteiger partial charge on any atom is 0.387 e. The quantitative estimate of drug-likeness (QED) is 0.908. The Labute approximate surface area is 119 Å². The van der Waals surface area contributed by atoms with Gasteiger partial charge in [0.25, 0.3) is 0 Å². The molecule has 0 radical (unpaired) electrons. The second-order valence-electron chi connectivity index (χ2n) is 4.19. The van der Waals surface area contributed by atoms with E-state index in [1.54, 1.807) is 24.3 Å². The van der Waals surface area contributed by atoms with E-state index in [9.17, 15) is 13.2 Å². The third-order valence-electron chi connectivity index (χ3n) is 2.71. The van der Waals surface area contributed by atoms with Gasteiger partial charge in [0.15, 0.2) is 0 Å². The van der Waals surface area contributed by atoms with Gasteiger partial charge in [0.2, 0.25) is 0 Å². The highest BCUT2D eigenvalue weighted by Gasteiger charge is 2.05. The fourth-order valence-corrected chi connectivity index (χ4v) is 1.75. The van der Waals surface area contributed by atoms with Crippen molar-refractivity contribution in [2.24, 2.45) is 0 Å². The molecule has 0 amide bonds. The van der Waals surface area contributed by atoms with Gasteiger partial charge in [-0.1, -0.05) is 12.1 Å². The highest BCUT2D eigenvalue weighted by molar-refractivity contribution is 5.49. The first kappa shape index (κ1) is 14.7. The number of nitriles is 1. The summed E-state index contributed by atoms with van der Waals surface area (Å²) in [6.45, 7) is -2.55. The van der Waals surface area contributed by atoms with Crippen LogP contribution in [-0.2, 0) is 6.54 Å². The van der Waals surface area contributed by atoms with Gasteiger partial charge in [0.05, 0.1) is 5.56 Å². The predicted molar refractivity (Wildman–Crippen MR) is 71.5 cm³/mol. The molecule has 3 nitrogen and oxygen atoms in total. The molecule has 2 rings (SSSR count). The van der Waals surface area contributed by atoms with Gasteiger partial charge in [-0.25, -0.2) is 4.39 Å². The zero-order valence-corrected chi connectivity index (χ0v) is 10.8. The summed E-state index contributed by atoms with van der Waals surface area (Å²) < 4.78 is 41.7. The number of nitrogens with zero attached hydrogens (tertiary/aromatic N) is 1. The molecule has 0 atom stereocenters. The minimum atomic E-state index is -2.88. The predicted octanol–water partition coefficient (Wildman–Crippen LogP) is 3.91. The van der Waals surface area contributed by atoms with Crippen LogP contribution in [0.4, 0.5) is 18.9 Å². The summed E-state index contributed by atoms with van der Waals surface area (Å²) in [5.74, 6) is -0.527. The molecule has 0 saturated carbocycles. The van der Waals surface area contributed by atoms with Crippen LogP contribution in [0.1, 0.15) is 11.1 Å². The van der Waals surface area contributed by atoms with Gasteiger partial charge in [-0.3, -0.25) is 0 Å². The van der Waals surface area contributed by atoms with Gasteiger partial charge < -0.3 is 10.1 Å². The molecule has 0 bridgehead atoms. The van der Waals surface area contributed by atoms with Crippen molar-refractivity contribution in [3.8, 4) is 11.8 Å². The van der Waals surface area contributed by atoms with Crippen LogP contribution in [0, 0.1) is 17.1 Å². The minimum Gasteiger partial charge on any atom is -0.435 e. The molecule has 1 N–H and O–H groups in total. The molecule has 0 unspecified atom stereocenters. The Balaban J connectivity index is 2.04. The first-order chi connectivity index (χ1) is 10.1. The van der Waals surface area contributed by atoms with Gasteiger partial charge in [-0.15, -0.1) is 0 Å². The lowest BCUT2D eigenvalue weighted by Crippen LogP contribution is -2.03.